The number of pyridine rings is 1. The van der Waals surface area contributed by atoms with E-state index in [1.54, 1.807) is 19.6 Å². The Morgan fingerprint density at radius 2 is 1.33 bits per heavy atom. The molecule has 0 aromatic carbocycles. The summed E-state index contributed by atoms with van der Waals surface area (Å²) >= 11 is 0. The number of carbonyl (C=O) groups excluding carboxylic acids is 3. The lowest BCUT2D eigenvalue weighted by Gasteiger charge is -2.35. The fourth-order valence-corrected chi connectivity index (χ4v) is 6.41. The third kappa shape index (κ3) is 15.0. The highest BCUT2D eigenvalue weighted by Gasteiger charge is 2.38. The van der Waals surface area contributed by atoms with Gasteiger partial charge in [0.05, 0.1) is 31.1 Å². The molecule has 0 radical (unpaired) electrons. The van der Waals surface area contributed by atoms with Gasteiger partial charge in [0, 0.05) is 71.5 Å². The highest BCUT2D eigenvalue weighted by Crippen LogP contribution is 2.19. The Labute approximate surface area is 317 Å². The molecular formula is C32H50BN9O13. The van der Waals surface area contributed by atoms with E-state index in [4.69, 9.17) is 0 Å². The van der Waals surface area contributed by atoms with Gasteiger partial charge in [-0.3, -0.25) is 64.0 Å². The van der Waals surface area contributed by atoms with Crippen molar-refractivity contribution in [3.8, 4) is 0 Å². The molecule has 0 aliphatic carbocycles. The summed E-state index contributed by atoms with van der Waals surface area (Å²) in [6.07, 6.45) is 1.82. The number of carboxylic acids is 4. The molecule has 2 saturated heterocycles. The normalized spacial score (nSPS) is 19.3. The molecule has 0 bridgehead atoms. The quantitative estimate of drug-likeness (QED) is 0.0544. The first-order valence-electron chi connectivity index (χ1n) is 17.8. The van der Waals surface area contributed by atoms with Gasteiger partial charge in [-0.1, -0.05) is 0 Å². The summed E-state index contributed by atoms with van der Waals surface area (Å²) in [4.78, 5) is 97.0. The zero-order chi connectivity index (χ0) is 40.7. The Bertz CT molecular complexity index is 1470. The van der Waals surface area contributed by atoms with E-state index in [0.717, 1.165) is 0 Å². The number of carboxylic acid groups (broad SMARTS) is 4. The second-order valence-corrected chi connectivity index (χ2v) is 13.4. The van der Waals surface area contributed by atoms with E-state index in [-0.39, 0.29) is 96.2 Å². The second-order valence-electron chi connectivity index (χ2n) is 13.4. The number of hydrogen-bond donors (Lipinski definition) is 9. The lowest BCUT2D eigenvalue weighted by molar-refractivity contribution is -0.145. The standard InChI is InChI=1S/C32H50BN9O13/c1-21(31(51)42-8-2-3-24(42)33(54)55)35-30(50)22-4-6-25(34-17-22)36-37-26(43)7-5-23(32(52)53)41-15-13-39(19-28(46)47)11-9-38(18-27(44)45)10-12-40(14-16-41)20-29(48)49/h4,6,17,21,23-24,54-55H,2-3,5,7-16,18-20H2,1H3,(H,34,36)(H,35,50)(H,37,43)(H,44,45)(H,46,47)(H,48,49)(H,52,53)/t21-,23-,24+/m1/s1. The van der Waals surface area contributed by atoms with Gasteiger partial charge in [0.15, 0.2) is 0 Å². The zero-order valence-corrected chi connectivity index (χ0v) is 30.6. The lowest BCUT2D eigenvalue weighted by Crippen LogP contribution is -2.52. The van der Waals surface area contributed by atoms with Crippen molar-refractivity contribution in [3.63, 3.8) is 0 Å². The molecule has 0 spiro atoms. The van der Waals surface area contributed by atoms with Crippen LogP contribution in [0.25, 0.3) is 0 Å². The first kappa shape index (κ1) is 44.5. The molecule has 2 aliphatic rings. The third-order valence-corrected chi connectivity index (χ3v) is 9.32. The van der Waals surface area contributed by atoms with Crippen LogP contribution in [0.15, 0.2) is 18.3 Å². The van der Waals surface area contributed by atoms with E-state index in [2.05, 4.69) is 21.2 Å². The number of aromatic nitrogens is 1. The smallest absolute Gasteiger partial charge is 0.475 e. The van der Waals surface area contributed by atoms with Crippen molar-refractivity contribution in [1.82, 2.24) is 40.2 Å². The molecule has 22 nitrogen and oxygen atoms in total. The van der Waals surface area contributed by atoms with E-state index in [1.165, 1.54) is 30.2 Å². The maximum absolute atomic E-state index is 12.8. The molecule has 2 aliphatic heterocycles. The molecular weight excluding hydrogens is 729 g/mol. The fraction of sp³-hybridized carbons (Fsp3) is 0.625. The van der Waals surface area contributed by atoms with Crippen LogP contribution in [-0.2, 0) is 28.8 Å². The second kappa shape index (κ2) is 21.8. The molecule has 0 saturated carbocycles. The molecule has 0 unspecified atom stereocenters. The summed E-state index contributed by atoms with van der Waals surface area (Å²) in [5.74, 6) is -6.85. The fourth-order valence-electron chi connectivity index (χ4n) is 6.41. The SMILES string of the molecule is C[C@@H](NC(=O)c1ccc(NNC(=O)CC[C@H](C(=O)O)N2CCN(CC(=O)O)CCN(CC(=O)O)CCN(CC(=O)O)CC2)nc1)C(=O)N1CCC[C@H]1B(O)O. The summed E-state index contributed by atoms with van der Waals surface area (Å²) in [5.41, 5.74) is 5.11. The Morgan fingerprint density at radius 3 is 1.78 bits per heavy atom. The number of carbonyl (C=O) groups is 7. The summed E-state index contributed by atoms with van der Waals surface area (Å²) in [5, 5.41) is 60.0. The predicted octanol–water partition coefficient (Wildman–Crippen LogP) is -3.65. The largest absolute Gasteiger partial charge is 0.480 e. The summed E-state index contributed by atoms with van der Waals surface area (Å²) in [6, 6.07) is 0.630. The van der Waals surface area contributed by atoms with Crippen molar-refractivity contribution >= 4 is 54.5 Å². The minimum atomic E-state index is -1.69. The van der Waals surface area contributed by atoms with Crippen LogP contribution in [0.5, 0.6) is 0 Å². The van der Waals surface area contributed by atoms with Crippen LogP contribution in [0.4, 0.5) is 5.82 Å². The molecule has 23 heteroatoms. The minimum absolute atomic E-state index is 0.0608. The van der Waals surface area contributed by atoms with Crippen molar-refractivity contribution in [2.24, 2.45) is 0 Å². The first-order valence-corrected chi connectivity index (χ1v) is 17.8. The highest BCUT2D eigenvalue weighted by molar-refractivity contribution is 6.43. The summed E-state index contributed by atoms with van der Waals surface area (Å²) in [7, 11) is -1.69. The van der Waals surface area contributed by atoms with Crippen LogP contribution in [0, 0.1) is 0 Å². The van der Waals surface area contributed by atoms with Crippen molar-refractivity contribution in [2.75, 3.05) is 84.0 Å². The van der Waals surface area contributed by atoms with Gasteiger partial charge in [-0.15, -0.1) is 0 Å². The average Bonchev–Trinajstić information content (AvgIpc) is 3.61. The maximum atomic E-state index is 12.8. The van der Waals surface area contributed by atoms with Crippen LogP contribution in [0.1, 0.15) is 43.0 Å². The maximum Gasteiger partial charge on any atom is 0.475 e. The molecule has 3 heterocycles. The molecule has 9 N–H and O–H groups in total. The van der Waals surface area contributed by atoms with Crippen LogP contribution in [0.2, 0.25) is 0 Å². The Kier molecular flexibility index (Phi) is 17.6. The van der Waals surface area contributed by atoms with Crippen molar-refractivity contribution in [2.45, 2.75) is 50.6 Å². The number of nitrogens with one attached hydrogen (secondary N) is 3. The predicted molar refractivity (Wildman–Crippen MR) is 192 cm³/mol. The number of amides is 3. The van der Waals surface area contributed by atoms with E-state index < -0.39 is 66.7 Å². The van der Waals surface area contributed by atoms with E-state index in [9.17, 15) is 64.0 Å². The Hall–Kier alpha value is -4.94. The Morgan fingerprint density at radius 1 is 0.800 bits per heavy atom. The topological polar surface area (TPSA) is 306 Å². The molecule has 1 aromatic rings. The third-order valence-electron chi connectivity index (χ3n) is 9.32. The summed E-state index contributed by atoms with van der Waals surface area (Å²) in [6.45, 7) is 1.75. The van der Waals surface area contributed by atoms with Gasteiger partial charge in [0.25, 0.3) is 5.91 Å². The summed E-state index contributed by atoms with van der Waals surface area (Å²) < 4.78 is 0. The van der Waals surface area contributed by atoms with Crippen LogP contribution >= 0.6 is 0 Å². The first-order chi connectivity index (χ1) is 26.0. The van der Waals surface area contributed by atoms with Crippen molar-refractivity contribution < 1.29 is 64.0 Å². The number of likely N-dealkylation sites (tertiary alicyclic amines) is 1. The number of anilines is 1. The molecule has 3 atom stereocenters. The number of hydrazine groups is 1. The number of hydrogen-bond acceptors (Lipinski definition) is 15. The zero-order valence-electron chi connectivity index (χ0n) is 30.6. The van der Waals surface area contributed by atoms with Gasteiger partial charge >= 0.3 is 31.0 Å². The Balaban J connectivity index is 1.59. The van der Waals surface area contributed by atoms with Gasteiger partial charge < -0.3 is 40.7 Å². The molecule has 55 heavy (non-hydrogen) atoms. The van der Waals surface area contributed by atoms with Crippen LogP contribution in [0.3, 0.4) is 0 Å². The van der Waals surface area contributed by atoms with Gasteiger partial charge in [0.2, 0.25) is 11.8 Å². The number of nitrogens with zero attached hydrogens (tertiary/aromatic N) is 6. The van der Waals surface area contributed by atoms with Crippen LogP contribution in [-0.4, -0.2) is 205 Å². The highest BCUT2D eigenvalue weighted by atomic mass is 16.4. The van der Waals surface area contributed by atoms with E-state index >= 15 is 0 Å². The molecule has 304 valence electrons. The molecule has 3 amide bonds. The number of aliphatic carboxylic acids is 4. The monoisotopic (exact) mass is 779 g/mol. The van der Waals surface area contributed by atoms with E-state index in [0.29, 0.717) is 19.4 Å². The van der Waals surface area contributed by atoms with E-state index in [1.807, 2.05) is 0 Å². The van der Waals surface area contributed by atoms with Crippen molar-refractivity contribution in [1.29, 1.82) is 0 Å². The average molecular weight is 780 g/mol. The van der Waals surface area contributed by atoms with Gasteiger partial charge in [-0.2, -0.15) is 0 Å². The minimum Gasteiger partial charge on any atom is -0.480 e. The molecule has 3 rings (SSSR count). The van der Waals surface area contributed by atoms with Crippen molar-refractivity contribution in [3.05, 3.63) is 23.9 Å². The lowest BCUT2D eigenvalue weighted by atomic mass is 9.78. The molecule has 2 fully saturated rings. The van der Waals surface area contributed by atoms with Crippen LogP contribution < -0.4 is 16.2 Å². The number of rotatable bonds is 17. The molecule has 1 aromatic heterocycles. The van der Waals surface area contributed by atoms with Gasteiger partial charge in [-0.25, -0.2) is 4.98 Å². The van der Waals surface area contributed by atoms with Gasteiger partial charge in [-0.05, 0) is 38.3 Å². The van der Waals surface area contributed by atoms with Gasteiger partial charge in [0.1, 0.15) is 17.9 Å².